The topological polar surface area (TPSA) is 75.7 Å². The van der Waals surface area contributed by atoms with E-state index in [1.54, 1.807) is 12.1 Å². The van der Waals surface area contributed by atoms with Crippen LogP contribution in [0.15, 0.2) is 47.4 Å². The lowest BCUT2D eigenvalue weighted by Gasteiger charge is -2.31. The predicted octanol–water partition coefficient (Wildman–Crippen LogP) is 3.77. The van der Waals surface area contributed by atoms with Crippen molar-refractivity contribution in [1.29, 1.82) is 0 Å². The minimum Gasteiger partial charge on any atom is -0.495 e. The molecule has 1 saturated heterocycles. The Morgan fingerprint density at radius 2 is 1.83 bits per heavy atom. The summed E-state index contributed by atoms with van der Waals surface area (Å²) in [6, 6.07) is 10.1. The number of amides is 1. The van der Waals surface area contributed by atoms with Gasteiger partial charge in [-0.05, 0) is 55.7 Å². The van der Waals surface area contributed by atoms with Gasteiger partial charge in [0, 0.05) is 19.0 Å². The number of halogens is 2. The number of hydrogen-bond donors (Lipinski definition) is 1. The van der Waals surface area contributed by atoms with Gasteiger partial charge in [0.25, 0.3) is 0 Å². The standard InChI is InChI=1S/C21H24ClFN2O4S/c1-14(15-3-5-17(23)6-4-15)24-21(26)16-9-11-25(12-10-16)30(27,28)18-7-8-20(29-2)19(22)13-18/h3-8,13-14,16H,9-12H2,1-2H3,(H,24,26). The molecule has 9 heteroatoms. The summed E-state index contributed by atoms with van der Waals surface area (Å²) in [6.07, 6.45) is 0.843. The van der Waals surface area contributed by atoms with Gasteiger partial charge in [-0.2, -0.15) is 4.31 Å². The van der Waals surface area contributed by atoms with Gasteiger partial charge in [-0.25, -0.2) is 12.8 Å². The second-order valence-electron chi connectivity index (χ2n) is 7.26. The molecule has 1 aliphatic heterocycles. The normalized spacial score (nSPS) is 16.8. The number of nitrogens with one attached hydrogen (secondary N) is 1. The molecule has 1 N–H and O–H groups in total. The summed E-state index contributed by atoms with van der Waals surface area (Å²) in [4.78, 5) is 12.7. The summed E-state index contributed by atoms with van der Waals surface area (Å²) in [5, 5.41) is 3.15. The van der Waals surface area contributed by atoms with Crippen LogP contribution in [0.3, 0.4) is 0 Å². The van der Waals surface area contributed by atoms with Crippen LogP contribution < -0.4 is 10.1 Å². The first-order valence-electron chi connectivity index (χ1n) is 9.62. The Balaban J connectivity index is 1.60. The molecule has 1 aliphatic rings. The highest BCUT2D eigenvalue weighted by Gasteiger charge is 2.32. The number of piperidine rings is 1. The minimum atomic E-state index is -3.70. The van der Waals surface area contributed by atoms with Crippen molar-refractivity contribution in [2.75, 3.05) is 20.2 Å². The van der Waals surface area contributed by atoms with E-state index in [0.29, 0.717) is 18.6 Å². The number of hydrogen-bond acceptors (Lipinski definition) is 4. The number of sulfonamides is 1. The Morgan fingerprint density at radius 3 is 2.40 bits per heavy atom. The van der Waals surface area contributed by atoms with E-state index in [2.05, 4.69) is 5.32 Å². The Morgan fingerprint density at radius 1 is 1.20 bits per heavy atom. The third-order valence-corrected chi connectivity index (χ3v) is 7.50. The second-order valence-corrected chi connectivity index (χ2v) is 9.60. The van der Waals surface area contributed by atoms with E-state index < -0.39 is 10.0 Å². The molecular formula is C21H24ClFN2O4S. The van der Waals surface area contributed by atoms with E-state index >= 15 is 0 Å². The summed E-state index contributed by atoms with van der Waals surface area (Å²) in [7, 11) is -2.24. The van der Waals surface area contributed by atoms with Gasteiger partial charge in [0.2, 0.25) is 15.9 Å². The molecule has 1 unspecified atom stereocenters. The fourth-order valence-electron chi connectivity index (χ4n) is 3.48. The molecule has 2 aromatic carbocycles. The van der Waals surface area contributed by atoms with Gasteiger partial charge in [0.05, 0.1) is 23.1 Å². The zero-order valence-corrected chi connectivity index (χ0v) is 18.3. The third-order valence-electron chi connectivity index (χ3n) is 5.31. The van der Waals surface area contributed by atoms with Gasteiger partial charge in [-0.3, -0.25) is 4.79 Å². The van der Waals surface area contributed by atoms with Crippen molar-refractivity contribution in [3.05, 3.63) is 58.9 Å². The third kappa shape index (κ3) is 4.94. The van der Waals surface area contributed by atoms with E-state index in [1.165, 1.54) is 41.7 Å². The van der Waals surface area contributed by atoms with Crippen LogP contribution in [0.5, 0.6) is 5.75 Å². The first-order chi connectivity index (χ1) is 14.2. The predicted molar refractivity (Wildman–Crippen MR) is 112 cm³/mol. The fraction of sp³-hybridized carbons (Fsp3) is 0.381. The van der Waals surface area contributed by atoms with E-state index in [-0.39, 0.29) is 46.7 Å². The SMILES string of the molecule is COc1ccc(S(=O)(=O)N2CCC(C(=O)NC(C)c3ccc(F)cc3)CC2)cc1Cl. The smallest absolute Gasteiger partial charge is 0.243 e. The number of benzene rings is 2. The monoisotopic (exact) mass is 454 g/mol. The highest BCUT2D eigenvalue weighted by atomic mass is 35.5. The van der Waals surface area contributed by atoms with E-state index in [9.17, 15) is 17.6 Å². The molecule has 30 heavy (non-hydrogen) atoms. The molecule has 0 aliphatic carbocycles. The highest BCUT2D eigenvalue weighted by Crippen LogP contribution is 2.30. The van der Waals surface area contributed by atoms with E-state index in [1.807, 2.05) is 6.92 Å². The molecule has 1 fully saturated rings. The second kappa shape index (κ2) is 9.32. The average Bonchev–Trinajstić information content (AvgIpc) is 2.74. The van der Waals surface area contributed by atoms with Gasteiger partial charge < -0.3 is 10.1 Å². The molecule has 162 valence electrons. The maximum absolute atomic E-state index is 13.1. The van der Waals surface area contributed by atoms with Crippen molar-refractivity contribution in [2.24, 2.45) is 5.92 Å². The molecule has 0 radical (unpaired) electrons. The van der Waals surface area contributed by atoms with Crippen LogP contribution >= 0.6 is 11.6 Å². The van der Waals surface area contributed by atoms with Gasteiger partial charge in [-0.15, -0.1) is 0 Å². The molecule has 2 aromatic rings. The first kappa shape index (κ1) is 22.5. The Labute approximate surface area is 181 Å². The lowest BCUT2D eigenvalue weighted by Crippen LogP contribution is -2.43. The van der Waals surface area contributed by atoms with Crippen LogP contribution in [0.1, 0.15) is 31.4 Å². The minimum absolute atomic E-state index is 0.0983. The van der Waals surface area contributed by atoms with Crippen molar-refractivity contribution in [3.63, 3.8) is 0 Å². The zero-order valence-electron chi connectivity index (χ0n) is 16.8. The summed E-state index contributed by atoms with van der Waals surface area (Å²) in [5.41, 5.74) is 0.807. The van der Waals surface area contributed by atoms with E-state index in [4.69, 9.17) is 16.3 Å². The molecule has 1 amide bonds. The Bertz CT molecular complexity index is 1010. The van der Waals surface area contributed by atoms with Crippen LogP contribution in [0, 0.1) is 11.7 Å². The van der Waals surface area contributed by atoms with Crippen LogP contribution in [-0.4, -0.2) is 38.8 Å². The van der Waals surface area contributed by atoms with Crippen LogP contribution in [0.2, 0.25) is 5.02 Å². The lowest BCUT2D eigenvalue weighted by molar-refractivity contribution is -0.126. The van der Waals surface area contributed by atoms with Crippen molar-refractivity contribution in [1.82, 2.24) is 9.62 Å². The molecule has 0 saturated carbocycles. The van der Waals surface area contributed by atoms with Crippen LogP contribution in [-0.2, 0) is 14.8 Å². The summed E-state index contributed by atoms with van der Waals surface area (Å²) in [5.74, 6) is -0.333. The lowest BCUT2D eigenvalue weighted by atomic mass is 9.96. The molecule has 1 atom stereocenters. The largest absolute Gasteiger partial charge is 0.495 e. The summed E-state index contributed by atoms with van der Waals surface area (Å²) < 4.78 is 45.3. The quantitative estimate of drug-likeness (QED) is 0.721. The number of carbonyl (C=O) groups excluding carboxylic acids is 1. The maximum atomic E-state index is 13.1. The van der Waals surface area contributed by atoms with Gasteiger partial charge in [-0.1, -0.05) is 23.7 Å². The van der Waals surface area contributed by atoms with Crippen molar-refractivity contribution in [3.8, 4) is 5.75 Å². The first-order valence-corrected chi connectivity index (χ1v) is 11.4. The average molecular weight is 455 g/mol. The van der Waals surface area contributed by atoms with Crippen LogP contribution in [0.25, 0.3) is 0 Å². The molecule has 6 nitrogen and oxygen atoms in total. The van der Waals surface area contributed by atoms with Gasteiger partial charge >= 0.3 is 0 Å². The molecular weight excluding hydrogens is 431 g/mol. The number of nitrogens with zero attached hydrogens (tertiary/aromatic N) is 1. The molecule has 3 rings (SSSR count). The molecule has 1 heterocycles. The van der Waals surface area contributed by atoms with Crippen molar-refractivity contribution in [2.45, 2.75) is 30.7 Å². The Kier molecular flexibility index (Phi) is 7.00. The highest BCUT2D eigenvalue weighted by molar-refractivity contribution is 7.89. The maximum Gasteiger partial charge on any atom is 0.243 e. The van der Waals surface area contributed by atoms with E-state index in [0.717, 1.165) is 5.56 Å². The van der Waals surface area contributed by atoms with Crippen molar-refractivity contribution >= 4 is 27.5 Å². The van der Waals surface area contributed by atoms with Gasteiger partial charge in [0.1, 0.15) is 11.6 Å². The summed E-state index contributed by atoms with van der Waals surface area (Å²) in [6.45, 7) is 2.32. The number of carbonyl (C=O) groups is 1. The number of ether oxygens (including phenoxy) is 1. The fourth-order valence-corrected chi connectivity index (χ4v) is 5.30. The number of methoxy groups -OCH3 is 1. The zero-order chi connectivity index (χ0) is 21.9. The Hall–Kier alpha value is -2.16. The van der Waals surface area contributed by atoms with Crippen molar-refractivity contribution < 1.29 is 22.3 Å². The van der Waals surface area contributed by atoms with Crippen LogP contribution in [0.4, 0.5) is 4.39 Å². The summed E-state index contributed by atoms with van der Waals surface area (Å²) >= 11 is 6.07. The molecule has 0 bridgehead atoms. The number of rotatable bonds is 6. The molecule has 0 spiro atoms. The molecule has 0 aromatic heterocycles. The van der Waals surface area contributed by atoms with Gasteiger partial charge in [0.15, 0.2) is 0 Å².